The molecule has 2 aromatic carbocycles. The van der Waals surface area contributed by atoms with E-state index in [-0.39, 0.29) is 22.9 Å². The molecule has 0 radical (unpaired) electrons. The molecule has 2 amide bonds. The molecule has 0 bridgehead atoms. The molecule has 1 N–H and O–H groups in total. The van der Waals surface area contributed by atoms with E-state index in [2.05, 4.69) is 5.32 Å². The van der Waals surface area contributed by atoms with Crippen molar-refractivity contribution >= 4 is 35.0 Å². The van der Waals surface area contributed by atoms with Crippen molar-refractivity contribution in [2.75, 3.05) is 16.0 Å². The van der Waals surface area contributed by atoms with Crippen LogP contribution in [0.1, 0.15) is 23.4 Å². The molecule has 0 spiro atoms. The average Bonchev–Trinajstić information content (AvgIpc) is 2.95. The molecule has 1 aliphatic rings. The standard InChI is InChI=1S/C18H15F3N2O2S/c1-11(24)22-14-4-2-3-12(9-14)17-23(16(25)10-26-17)15-7-5-13(6-8-15)18(19,20)21/h2-9,17H,10H2,1H3,(H,22,24). The van der Waals surface area contributed by atoms with Crippen LogP contribution in [0.2, 0.25) is 0 Å². The van der Waals surface area contributed by atoms with Gasteiger partial charge in [-0.15, -0.1) is 11.8 Å². The van der Waals surface area contributed by atoms with Gasteiger partial charge >= 0.3 is 6.18 Å². The van der Waals surface area contributed by atoms with Crippen molar-refractivity contribution in [2.24, 2.45) is 0 Å². The van der Waals surface area contributed by atoms with Gasteiger partial charge in [0.05, 0.1) is 11.3 Å². The van der Waals surface area contributed by atoms with Crippen molar-refractivity contribution in [2.45, 2.75) is 18.5 Å². The van der Waals surface area contributed by atoms with Gasteiger partial charge in [-0.2, -0.15) is 13.2 Å². The lowest BCUT2D eigenvalue weighted by Gasteiger charge is -2.25. The van der Waals surface area contributed by atoms with E-state index in [1.165, 1.54) is 35.7 Å². The van der Waals surface area contributed by atoms with Gasteiger partial charge < -0.3 is 5.32 Å². The number of rotatable bonds is 3. The molecule has 0 saturated carbocycles. The maximum Gasteiger partial charge on any atom is 0.416 e. The van der Waals surface area contributed by atoms with Crippen molar-refractivity contribution in [3.05, 3.63) is 59.7 Å². The predicted octanol–water partition coefficient (Wildman–Crippen LogP) is 4.44. The summed E-state index contributed by atoms with van der Waals surface area (Å²) in [5, 5.41) is 2.31. The van der Waals surface area contributed by atoms with E-state index in [1.807, 2.05) is 6.07 Å². The van der Waals surface area contributed by atoms with Gasteiger partial charge in [0.15, 0.2) is 0 Å². The minimum absolute atomic E-state index is 0.176. The van der Waals surface area contributed by atoms with Crippen molar-refractivity contribution < 1.29 is 22.8 Å². The number of amides is 2. The highest BCUT2D eigenvalue weighted by Gasteiger charge is 2.35. The number of nitrogens with zero attached hydrogens (tertiary/aromatic N) is 1. The topological polar surface area (TPSA) is 49.4 Å². The lowest BCUT2D eigenvalue weighted by molar-refractivity contribution is -0.137. The maximum atomic E-state index is 12.7. The van der Waals surface area contributed by atoms with Crippen molar-refractivity contribution in [1.29, 1.82) is 0 Å². The molecule has 1 heterocycles. The number of alkyl halides is 3. The summed E-state index contributed by atoms with van der Waals surface area (Å²) in [6.07, 6.45) is -4.42. The summed E-state index contributed by atoms with van der Waals surface area (Å²) in [6.45, 7) is 1.40. The van der Waals surface area contributed by atoms with E-state index < -0.39 is 11.7 Å². The number of thioether (sulfide) groups is 1. The zero-order valence-corrected chi connectivity index (χ0v) is 14.5. The summed E-state index contributed by atoms with van der Waals surface area (Å²) in [5.41, 5.74) is 1.03. The first kappa shape index (κ1) is 18.3. The van der Waals surface area contributed by atoms with E-state index >= 15 is 0 Å². The van der Waals surface area contributed by atoms with Crippen LogP contribution in [0.3, 0.4) is 0 Å². The number of hydrogen-bond donors (Lipinski definition) is 1. The maximum absolute atomic E-state index is 12.7. The van der Waals surface area contributed by atoms with Gasteiger partial charge in [-0.25, -0.2) is 0 Å². The second-order valence-corrected chi connectivity index (χ2v) is 6.85. The Morgan fingerprint density at radius 1 is 1.19 bits per heavy atom. The van der Waals surface area contributed by atoms with Gasteiger partial charge in [-0.05, 0) is 42.0 Å². The monoisotopic (exact) mass is 380 g/mol. The third kappa shape index (κ3) is 3.85. The van der Waals surface area contributed by atoms with Crippen LogP contribution in [0.5, 0.6) is 0 Å². The van der Waals surface area contributed by atoms with E-state index in [9.17, 15) is 22.8 Å². The Morgan fingerprint density at radius 3 is 2.50 bits per heavy atom. The second kappa shape index (κ2) is 7.03. The molecular formula is C18H15F3N2O2S. The number of hydrogen-bond acceptors (Lipinski definition) is 3. The molecule has 0 aromatic heterocycles. The highest BCUT2D eigenvalue weighted by atomic mass is 32.2. The summed E-state index contributed by atoms with van der Waals surface area (Å²) >= 11 is 1.39. The van der Waals surface area contributed by atoms with Gasteiger partial charge in [0.1, 0.15) is 5.37 Å². The van der Waals surface area contributed by atoms with E-state index in [1.54, 1.807) is 18.2 Å². The van der Waals surface area contributed by atoms with E-state index in [0.29, 0.717) is 11.4 Å². The molecule has 3 rings (SSSR count). The molecule has 0 aliphatic carbocycles. The summed E-state index contributed by atoms with van der Waals surface area (Å²) in [4.78, 5) is 25.0. The minimum atomic E-state index is -4.42. The largest absolute Gasteiger partial charge is 0.416 e. The average molecular weight is 380 g/mol. The van der Waals surface area contributed by atoms with Gasteiger partial charge in [-0.3, -0.25) is 14.5 Å². The number of halogens is 3. The molecular weight excluding hydrogens is 365 g/mol. The van der Waals surface area contributed by atoms with E-state index in [4.69, 9.17) is 0 Å². The molecule has 8 heteroatoms. The van der Waals surface area contributed by atoms with Gasteiger partial charge in [0, 0.05) is 18.3 Å². The third-order valence-corrected chi connectivity index (χ3v) is 5.05. The Hall–Kier alpha value is -2.48. The fourth-order valence-corrected chi connectivity index (χ4v) is 3.90. The molecule has 1 atom stereocenters. The summed E-state index contributed by atoms with van der Waals surface area (Å²) < 4.78 is 38.2. The lowest BCUT2D eigenvalue weighted by atomic mass is 10.1. The van der Waals surface area contributed by atoms with Crippen molar-refractivity contribution in [3.8, 4) is 0 Å². The molecule has 136 valence electrons. The summed E-state index contributed by atoms with van der Waals surface area (Å²) in [7, 11) is 0. The van der Waals surface area contributed by atoms with Crippen molar-refractivity contribution in [3.63, 3.8) is 0 Å². The van der Waals surface area contributed by atoms with Crippen LogP contribution < -0.4 is 10.2 Å². The van der Waals surface area contributed by atoms with Crippen LogP contribution in [0.4, 0.5) is 24.5 Å². The Morgan fingerprint density at radius 2 is 1.88 bits per heavy atom. The number of anilines is 2. The first-order chi connectivity index (χ1) is 12.3. The van der Waals surface area contributed by atoms with Gasteiger partial charge in [-0.1, -0.05) is 12.1 Å². The van der Waals surface area contributed by atoms with Crippen LogP contribution >= 0.6 is 11.8 Å². The Labute approximate surface area is 152 Å². The highest BCUT2D eigenvalue weighted by molar-refractivity contribution is 8.00. The Kier molecular flexibility index (Phi) is 4.95. The van der Waals surface area contributed by atoms with Crippen molar-refractivity contribution in [1.82, 2.24) is 0 Å². The molecule has 1 fully saturated rings. The number of carbonyl (C=O) groups is 2. The zero-order valence-electron chi connectivity index (χ0n) is 13.7. The van der Waals surface area contributed by atoms with Crippen LogP contribution in [0, 0.1) is 0 Å². The Bertz CT molecular complexity index is 837. The molecule has 1 aliphatic heterocycles. The predicted molar refractivity (Wildman–Crippen MR) is 94.9 cm³/mol. The molecule has 1 saturated heterocycles. The summed E-state index contributed by atoms with van der Waals surface area (Å²) in [5.74, 6) is -0.155. The van der Waals surface area contributed by atoms with Crippen LogP contribution in [0.25, 0.3) is 0 Å². The minimum Gasteiger partial charge on any atom is -0.326 e. The highest BCUT2D eigenvalue weighted by Crippen LogP contribution is 2.42. The molecule has 4 nitrogen and oxygen atoms in total. The normalized spacial score (nSPS) is 17.5. The Balaban J connectivity index is 1.91. The first-order valence-corrected chi connectivity index (χ1v) is 8.79. The van der Waals surface area contributed by atoms with Gasteiger partial charge in [0.25, 0.3) is 0 Å². The SMILES string of the molecule is CC(=O)Nc1cccc(C2SCC(=O)N2c2ccc(C(F)(F)F)cc2)c1. The van der Waals surface area contributed by atoms with Crippen LogP contribution in [-0.4, -0.2) is 17.6 Å². The number of benzene rings is 2. The van der Waals surface area contributed by atoms with Gasteiger partial charge in [0.2, 0.25) is 11.8 Å². The number of nitrogens with one attached hydrogen (secondary N) is 1. The smallest absolute Gasteiger partial charge is 0.326 e. The zero-order chi connectivity index (χ0) is 18.9. The second-order valence-electron chi connectivity index (χ2n) is 5.78. The number of carbonyl (C=O) groups excluding carboxylic acids is 2. The molecule has 26 heavy (non-hydrogen) atoms. The van der Waals surface area contributed by atoms with Crippen LogP contribution in [-0.2, 0) is 15.8 Å². The van der Waals surface area contributed by atoms with Crippen LogP contribution in [0.15, 0.2) is 48.5 Å². The fraction of sp³-hybridized carbons (Fsp3) is 0.222. The molecule has 1 unspecified atom stereocenters. The quantitative estimate of drug-likeness (QED) is 0.856. The first-order valence-electron chi connectivity index (χ1n) is 7.74. The third-order valence-electron chi connectivity index (χ3n) is 3.83. The lowest BCUT2D eigenvalue weighted by Crippen LogP contribution is -2.28. The molecule has 2 aromatic rings. The summed E-state index contributed by atoms with van der Waals surface area (Å²) in [6, 6.07) is 11.6. The van der Waals surface area contributed by atoms with E-state index in [0.717, 1.165) is 17.7 Å². The fourth-order valence-electron chi connectivity index (χ4n) is 2.73.